The van der Waals surface area contributed by atoms with Crippen molar-refractivity contribution in [2.24, 2.45) is 0 Å². The van der Waals surface area contributed by atoms with Gasteiger partial charge in [-0.2, -0.15) is 0 Å². The fraction of sp³-hybridized carbons (Fsp3) is 0. The minimum atomic E-state index is 0.930. The van der Waals surface area contributed by atoms with Crippen molar-refractivity contribution in [2.45, 2.75) is 0 Å². The lowest BCUT2D eigenvalue weighted by molar-refractivity contribution is 1.16. The highest BCUT2D eigenvalue weighted by atomic mass is 15.0. The van der Waals surface area contributed by atoms with Crippen molar-refractivity contribution in [1.29, 1.82) is 0 Å². The summed E-state index contributed by atoms with van der Waals surface area (Å²) in [6.45, 7) is 0. The molecule has 4 heterocycles. The molecule has 0 fully saturated rings. The summed E-state index contributed by atoms with van der Waals surface area (Å²) >= 11 is 0. The third kappa shape index (κ3) is 4.46. The first kappa shape index (κ1) is 28.3. The van der Waals surface area contributed by atoms with Crippen LogP contribution in [0, 0.1) is 0 Å². The van der Waals surface area contributed by atoms with Crippen LogP contribution in [-0.4, -0.2) is 19.1 Å². The average molecular weight is 639 g/mol. The molecule has 0 spiro atoms. The van der Waals surface area contributed by atoms with E-state index in [0.29, 0.717) is 0 Å². The standard InChI is InChI=1S/C46H30N4/c1-4-14-31(15-5-1)39-29-35(30-40(48-39)32-16-6-2-7-17-32)50-42-26-25-33(28-38(42)46-44(50)24-13-27-47-46)36-21-12-23-43-45(36)37-20-10-11-22-41(37)49(43)34-18-8-3-9-19-34/h1-30H. The van der Waals surface area contributed by atoms with Crippen LogP contribution in [0.5, 0.6) is 0 Å². The first-order chi connectivity index (χ1) is 24.8. The van der Waals surface area contributed by atoms with Crippen molar-refractivity contribution in [3.8, 4) is 45.0 Å². The Morgan fingerprint density at radius 3 is 1.72 bits per heavy atom. The number of benzene rings is 6. The summed E-state index contributed by atoms with van der Waals surface area (Å²) in [4.78, 5) is 10.1. The molecule has 0 aliphatic heterocycles. The highest BCUT2D eigenvalue weighted by molar-refractivity contribution is 6.17. The highest BCUT2D eigenvalue weighted by Gasteiger charge is 2.19. The topological polar surface area (TPSA) is 35.6 Å². The van der Waals surface area contributed by atoms with Gasteiger partial charge in [0.2, 0.25) is 0 Å². The zero-order valence-corrected chi connectivity index (χ0v) is 27.1. The lowest BCUT2D eigenvalue weighted by atomic mass is 9.98. The Labute approximate surface area is 289 Å². The largest absolute Gasteiger partial charge is 0.309 e. The van der Waals surface area contributed by atoms with Crippen LogP contribution in [-0.2, 0) is 0 Å². The molecule has 4 aromatic heterocycles. The van der Waals surface area contributed by atoms with Gasteiger partial charge < -0.3 is 9.13 Å². The van der Waals surface area contributed by atoms with Gasteiger partial charge in [0, 0.05) is 39.2 Å². The Kier molecular flexibility index (Phi) is 6.46. The van der Waals surface area contributed by atoms with Gasteiger partial charge in [0.25, 0.3) is 0 Å². The van der Waals surface area contributed by atoms with E-state index in [0.717, 1.165) is 61.4 Å². The van der Waals surface area contributed by atoms with E-state index in [2.05, 4.69) is 167 Å². The van der Waals surface area contributed by atoms with E-state index in [1.165, 1.54) is 27.4 Å². The molecule has 234 valence electrons. The first-order valence-corrected chi connectivity index (χ1v) is 16.9. The van der Waals surface area contributed by atoms with E-state index in [1.807, 2.05) is 24.4 Å². The molecule has 0 aliphatic carbocycles. The van der Waals surface area contributed by atoms with E-state index in [-0.39, 0.29) is 0 Å². The smallest absolute Gasteiger partial charge is 0.0963 e. The van der Waals surface area contributed by atoms with Crippen LogP contribution in [0.25, 0.3) is 88.8 Å². The maximum atomic E-state index is 5.14. The van der Waals surface area contributed by atoms with E-state index in [9.17, 15) is 0 Å². The predicted octanol–water partition coefficient (Wildman–Crippen LogP) is 11.7. The lowest BCUT2D eigenvalue weighted by Gasteiger charge is -2.13. The molecule has 4 nitrogen and oxygen atoms in total. The molecule has 0 amide bonds. The number of rotatable bonds is 5. The monoisotopic (exact) mass is 638 g/mol. The van der Waals surface area contributed by atoms with Gasteiger partial charge in [-0.25, -0.2) is 4.98 Å². The number of aromatic nitrogens is 4. The van der Waals surface area contributed by atoms with E-state index in [1.54, 1.807) is 0 Å². The molecule has 6 aromatic carbocycles. The Bertz CT molecular complexity index is 2790. The number of fused-ring (bicyclic) bond motifs is 6. The lowest BCUT2D eigenvalue weighted by Crippen LogP contribution is -1.98. The number of pyridine rings is 2. The zero-order chi connectivity index (χ0) is 33.0. The molecular formula is C46H30N4. The van der Waals surface area contributed by atoms with Crippen LogP contribution < -0.4 is 0 Å². The van der Waals surface area contributed by atoms with Gasteiger partial charge in [0.1, 0.15) is 0 Å². The molecule has 0 saturated heterocycles. The number of nitrogens with zero attached hydrogens (tertiary/aromatic N) is 4. The quantitative estimate of drug-likeness (QED) is 0.188. The molecule has 4 heteroatoms. The first-order valence-electron chi connectivity index (χ1n) is 16.9. The summed E-state index contributed by atoms with van der Waals surface area (Å²) in [5, 5.41) is 3.60. The average Bonchev–Trinajstić information content (AvgIpc) is 3.71. The van der Waals surface area contributed by atoms with Crippen LogP contribution in [0.2, 0.25) is 0 Å². The minimum Gasteiger partial charge on any atom is -0.309 e. The third-order valence-corrected chi connectivity index (χ3v) is 9.75. The van der Waals surface area contributed by atoms with Gasteiger partial charge >= 0.3 is 0 Å². The molecule has 0 bridgehead atoms. The Balaban J connectivity index is 1.22. The van der Waals surface area contributed by atoms with Gasteiger partial charge in [-0.05, 0) is 71.8 Å². The van der Waals surface area contributed by atoms with Crippen molar-refractivity contribution < 1.29 is 0 Å². The molecule has 0 aliphatic rings. The molecule has 10 rings (SSSR count). The van der Waals surface area contributed by atoms with E-state index >= 15 is 0 Å². The van der Waals surface area contributed by atoms with Gasteiger partial charge in [0.15, 0.2) is 0 Å². The predicted molar refractivity (Wildman–Crippen MR) is 207 cm³/mol. The van der Waals surface area contributed by atoms with Gasteiger partial charge in [0.05, 0.1) is 44.7 Å². The summed E-state index contributed by atoms with van der Waals surface area (Å²) in [5.41, 5.74) is 14.1. The third-order valence-electron chi connectivity index (χ3n) is 9.75. The number of hydrogen-bond donors (Lipinski definition) is 0. The number of para-hydroxylation sites is 2. The van der Waals surface area contributed by atoms with Crippen molar-refractivity contribution in [3.63, 3.8) is 0 Å². The van der Waals surface area contributed by atoms with Crippen LogP contribution in [0.4, 0.5) is 0 Å². The van der Waals surface area contributed by atoms with Crippen molar-refractivity contribution >= 4 is 43.7 Å². The second-order valence-corrected chi connectivity index (χ2v) is 12.7. The molecule has 0 atom stereocenters. The van der Waals surface area contributed by atoms with Crippen molar-refractivity contribution in [2.75, 3.05) is 0 Å². The summed E-state index contributed by atoms with van der Waals surface area (Å²) in [5.74, 6) is 0. The fourth-order valence-electron chi connectivity index (χ4n) is 7.55. The molecule has 10 aromatic rings. The summed E-state index contributed by atoms with van der Waals surface area (Å²) in [7, 11) is 0. The second-order valence-electron chi connectivity index (χ2n) is 12.7. The minimum absolute atomic E-state index is 0.930. The van der Waals surface area contributed by atoms with Crippen molar-refractivity contribution in [3.05, 3.63) is 182 Å². The summed E-state index contributed by atoms with van der Waals surface area (Å²) in [6, 6.07) is 62.3. The molecule has 0 unspecified atom stereocenters. The number of hydrogen-bond acceptors (Lipinski definition) is 2. The molecule has 0 N–H and O–H groups in total. The molecular weight excluding hydrogens is 609 g/mol. The van der Waals surface area contributed by atoms with Gasteiger partial charge in [-0.1, -0.05) is 115 Å². The van der Waals surface area contributed by atoms with Crippen LogP contribution >= 0.6 is 0 Å². The summed E-state index contributed by atoms with van der Waals surface area (Å²) < 4.78 is 4.71. The Hall–Kier alpha value is -6.78. The van der Waals surface area contributed by atoms with Crippen LogP contribution in [0.1, 0.15) is 0 Å². The van der Waals surface area contributed by atoms with Crippen LogP contribution in [0.3, 0.4) is 0 Å². The van der Waals surface area contributed by atoms with Crippen molar-refractivity contribution in [1.82, 2.24) is 19.1 Å². The Morgan fingerprint density at radius 1 is 0.380 bits per heavy atom. The molecule has 50 heavy (non-hydrogen) atoms. The normalized spacial score (nSPS) is 11.6. The Morgan fingerprint density at radius 2 is 0.980 bits per heavy atom. The van der Waals surface area contributed by atoms with Gasteiger partial charge in [-0.15, -0.1) is 0 Å². The molecule has 0 radical (unpaired) electrons. The van der Waals surface area contributed by atoms with E-state index < -0.39 is 0 Å². The van der Waals surface area contributed by atoms with E-state index in [4.69, 9.17) is 9.97 Å². The molecule has 0 saturated carbocycles. The van der Waals surface area contributed by atoms with Crippen LogP contribution in [0.15, 0.2) is 182 Å². The SMILES string of the molecule is c1ccc(-c2cc(-n3c4ccc(-c5cccc6c5c5ccccc5n6-c5ccccc5)cc4c4ncccc43)cc(-c3ccccc3)n2)cc1. The zero-order valence-electron chi connectivity index (χ0n) is 27.1. The maximum Gasteiger partial charge on any atom is 0.0963 e. The highest BCUT2D eigenvalue weighted by Crippen LogP contribution is 2.41. The fourth-order valence-corrected chi connectivity index (χ4v) is 7.55. The second kappa shape index (κ2) is 11.4. The maximum absolute atomic E-state index is 5.14. The summed E-state index contributed by atoms with van der Waals surface area (Å²) in [6.07, 6.45) is 1.89. The van der Waals surface area contributed by atoms with Gasteiger partial charge in [-0.3, -0.25) is 4.98 Å².